The summed E-state index contributed by atoms with van der Waals surface area (Å²) in [5.74, 6) is -0.705. The molecule has 1 aliphatic rings. The van der Waals surface area contributed by atoms with Gasteiger partial charge in [0.25, 0.3) is 0 Å². The van der Waals surface area contributed by atoms with Gasteiger partial charge in [-0.25, -0.2) is 0 Å². The summed E-state index contributed by atoms with van der Waals surface area (Å²) in [7, 11) is 0. The van der Waals surface area contributed by atoms with E-state index in [0.29, 0.717) is 12.8 Å². The van der Waals surface area contributed by atoms with E-state index in [1.165, 1.54) is 186 Å². The summed E-state index contributed by atoms with van der Waals surface area (Å²) in [6, 6.07) is -1.18. The molecular formula is C57H109NO10. The van der Waals surface area contributed by atoms with Gasteiger partial charge in [-0.2, -0.15) is 0 Å². The summed E-state index contributed by atoms with van der Waals surface area (Å²) in [5, 5.41) is 75.8. The van der Waals surface area contributed by atoms with E-state index in [2.05, 4.69) is 43.5 Å². The van der Waals surface area contributed by atoms with Crippen molar-refractivity contribution in [2.45, 2.75) is 319 Å². The number of amides is 1. The first kappa shape index (κ1) is 64.6. The van der Waals surface area contributed by atoms with Crippen LogP contribution < -0.4 is 5.32 Å². The second-order valence-electron chi connectivity index (χ2n) is 20.4. The number of hydrogen-bond donors (Lipinski definition) is 8. The molecule has 1 fully saturated rings. The lowest BCUT2D eigenvalue weighted by atomic mass is 9.98. The Morgan fingerprint density at radius 1 is 0.500 bits per heavy atom. The van der Waals surface area contributed by atoms with E-state index >= 15 is 0 Å². The van der Waals surface area contributed by atoms with Gasteiger partial charge in [-0.1, -0.05) is 224 Å². The normalized spacial score (nSPS) is 20.6. The van der Waals surface area contributed by atoms with Crippen LogP contribution in [0.5, 0.6) is 0 Å². The lowest BCUT2D eigenvalue weighted by Gasteiger charge is -2.40. The lowest BCUT2D eigenvalue weighted by Crippen LogP contribution is -2.60. The molecular weight excluding hydrogens is 859 g/mol. The zero-order valence-electron chi connectivity index (χ0n) is 43.9. The smallest absolute Gasteiger partial charge is 0.249 e. The van der Waals surface area contributed by atoms with Gasteiger partial charge in [0.15, 0.2) is 6.29 Å². The van der Waals surface area contributed by atoms with Crippen LogP contribution in [0.2, 0.25) is 0 Å². The monoisotopic (exact) mass is 968 g/mol. The number of unbranched alkanes of at least 4 members (excludes halogenated alkanes) is 33. The van der Waals surface area contributed by atoms with Gasteiger partial charge in [0, 0.05) is 0 Å². The number of carbonyl (C=O) groups excluding carboxylic acids is 1. The highest BCUT2D eigenvalue weighted by molar-refractivity contribution is 5.80. The number of allylic oxidation sites excluding steroid dienone is 4. The van der Waals surface area contributed by atoms with E-state index in [4.69, 9.17) is 9.47 Å². The van der Waals surface area contributed by atoms with Crippen molar-refractivity contribution in [3.8, 4) is 0 Å². The Labute approximate surface area is 416 Å². The van der Waals surface area contributed by atoms with Crippen LogP contribution >= 0.6 is 0 Å². The molecule has 0 saturated carbocycles. The second kappa shape index (κ2) is 46.6. The maximum Gasteiger partial charge on any atom is 0.249 e. The van der Waals surface area contributed by atoms with Gasteiger partial charge in [0.2, 0.25) is 5.91 Å². The molecule has 9 atom stereocenters. The number of ether oxygens (including phenoxy) is 2. The molecule has 11 heteroatoms. The van der Waals surface area contributed by atoms with E-state index in [0.717, 1.165) is 38.5 Å². The topological polar surface area (TPSA) is 189 Å². The third kappa shape index (κ3) is 34.8. The molecule has 1 saturated heterocycles. The van der Waals surface area contributed by atoms with E-state index < -0.39 is 74.2 Å². The van der Waals surface area contributed by atoms with Crippen LogP contribution in [0.25, 0.3) is 0 Å². The van der Waals surface area contributed by atoms with Gasteiger partial charge >= 0.3 is 0 Å². The zero-order valence-corrected chi connectivity index (χ0v) is 43.9. The molecule has 8 N–H and O–H groups in total. The van der Waals surface area contributed by atoms with Crippen LogP contribution in [-0.4, -0.2) is 110 Å². The fourth-order valence-corrected chi connectivity index (χ4v) is 9.26. The second-order valence-corrected chi connectivity index (χ2v) is 20.4. The maximum atomic E-state index is 13.1. The van der Waals surface area contributed by atoms with Crippen molar-refractivity contribution in [3.05, 3.63) is 24.3 Å². The molecule has 0 aromatic carbocycles. The summed E-state index contributed by atoms with van der Waals surface area (Å²) in [5.41, 5.74) is 0. The molecule has 0 aromatic rings. The molecule has 0 bridgehead atoms. The quantitative estimate of drug-likeness (QED) is 0.0215. The molecule has 1 aliphatic heterocycles. The van der Waals surface area contributed by atoms with Gasteiger partial charge in [0.1, 0.15) is 36.6 Å². The first-order valence-electron chi connectivity index (χ1n) is 28.7. The average Bonchev–Trinajstić information content (AvgIpc) is 3.34. The molecule has 402 valence electrons. The summed E-state index contributed by atoms with van der Waals surface area (Å²) in [4.78, 5) is 13.1. The molecule has 1 heterocycles. The number of rotatable bonds is 49. The third-order valence-corrected chi connectivity index (χ3v) is 14.0. The minimum absolute atomic E-state index is 0.256. The first-order valence-corrected chi connectivity index (χ1v) is 28.7. The Hall–Kier alpha value is -1.41. The van der Waals surface area contributed by atoms with Crippen molar-refractivity contribution in [1.29, 1.82) is 0 Å². The standard InChI is InChI=1S/C57H109NO10/c1-3-5-7-9-11-13-15-16-17-18-19-20-21-22-23-24-25-26-27-28-29-30-31-32-33-35-37-39-41-43-45-50(61)56(66)58-48(47-67-57-55(65)54(64)53(63)51(46-59)68-57)52(62)49(60)44-42-40-38-36-34-14-12-10-8-6-4-2/h22-23,36,38,48-55,57,59-65H,3-21,24-35,37,39-47H2,1-2H3,(H,58,66)/b23-22-,38-36+. The van der Waals surface area contributed by atoms with Crippen molar-refractivity contribution in [1.82, 2.24) is 5.32 Å². The molecule has 11 nitrogen and oxygen atoms in total. The highest BCUT2D eigenvalue weighted by Gasteiger charge is 2.44. The Morgan fingerprint density at radius 3 is 1.26 bits per heavy atom. The predicted molar refractivity (Wildman–Crippen MR) is 279 cm³/mol. The fraction of sp³-hybridized carbons (Fsp3) is 0.912. The van der Waals surface area contributed by atoms with Gasteiger partial charge in [0.05, 0.1) is 25.4 Å². The minimum atomic E-state index is -1.67. The van der Waals surface area contributed by atoms with Gasteiger partial charge in [-0.15, -0.1) is 0 Å². The van der Waals surface area contributed by atoms with Gasteiger partial charge in [-0.3, -0.25) is 4.79 Å². The highest BCUT2D eigenvalue weighted by atomic mass is 16.7. The van der Waals surface area contributed by atoms with Crippen LogP contribution in [0.3, 0.4) is 0 Å². The number of nitrogens with one attached hydrogen (secondary N) is 1. The minimum Gasteiger partial charge on any atom is -0.394 e. The summed E-state index contributed by atoms with van der Waals surface area (Å²) >= 11 is 0. The molecule has 1 rings (SSSR count). The number of hydrogen-bond acceptors (Lipinski definition) is 10. The Morgan fingerprint density at radius 2 is 0.868 bits per heavy atom. The van der Waals surface area contributed by atoms with Crippen molar-refractivity contribution in [3.63, 3.8) is 0 Å². The highest BCUT2D eigenvalue weighted by Crippen LogP contribution is 2.23. The van der Waals surface area contributed by atoms with Gasteiger partial charge < -0.3 is 50.5 Å². The van der Waals surface area contributed by atoms with E-state index in [-0.39, 0.29) is 12.8 Å². The zero-order chi connectivity index (χ0) is 49.7. The Balaban J connectivity index is 2.21. The van der Waals surface area contributed by atoms with Crippen molar-refractivity contribution in [2.24, 2.45) is 0 Å². The molecule has 9 unspecified atom stereocenters. The SMILES string of the molecule is CCCCCCCC/C=C/CCCC(O)C(O)C(COC1OC(CO)C(O)C(O)C1O)NC(=O)C(O)CCCCCCCCCCCCCCCC/C=C\CCCCCCCCCCCCCC. The van der Waals surface area contributed by atoms with E-state index in [1.807, 2.05) is 0 Å². The van der Waals surface area contributed by atoms with Crippen LogP contribution in [0, 0.1) is 0 Å². The van der Waals surface area contributed by atoms with Crippen LogP contribution in [-0.2, 0) is 14.3 Å². The molecule has 0 radical (unpaired) electrons. The van der Waals surface area contributed by atoms with Crippen molar-refractivity contribution < 1.29 is 50.0 Å². The van der Waals surface area contributed by atoms with Crippen molar-refractivity contribution >= 4 is 5.91 Å². The fourth-order valence-electron chi connectivity index (χ4n) is 9.26. The van der Waals surface area contributed by atoms with Crippen LogP contribution in [0.15, 0.2) is 24.3 Å². The summed E-state index contributed by atoms with van der Waals surface area (Å²) in [6.07, 6.45) is 44.1. The Kier molecular flexibility index (Phi) is 44.3. The summed E-state index contributed by atoms with van der Waals surface area (Å²) in [6.45, 7) is 3.43. The van der Waals surface area contributed by atoms with Crippen LogP contribution in [0.1, 0.15) is 264 Å². The van der Waals surface area contributed by atoms with Crippen LogP contribution in [0.4, 0.5) is 0 Å². The summed E-state index contributed by atoms with van der Waals surface area (Å²) < 4.78 is 11.1. The number of aliphatic hydroxyl groups is 7. The molecule has 0 aliphatic carbocycles. The third-order valence-electron chi connectivity index (χ3n) is 14.0. The number of aliphatic hydroxyl groups excluding tert-OH is 7. The Bertz CT molecular complexity index is 1160. The molecule has 68 heavy (non-hydrogen) atoms. The van der Waals surface area contributed by atoms with Crippen molar-refractivity contribution in [2.75, 3.05) is 13.2 Å². The number of carbonyl (C=O) groups is 1. The maximum absolute atomic E-state index is 13.1. The molecule has 1 amide bonds. The largest absolute Gasteiger partial charge is 0.394 e. The van der Waals surface area contributed by atoms with E-state index in [1.54, 1.807) is 0 Å². The lowest BCUT2D eigenvalue weighted by molar-refractivity contribution is -0.303. The first-order chi connectivity index (χ1) is 33.2. The van der Waals surface area contributed by atoms with E-state index in [9.17, 15) is 40.5 Å². The predicted octanol–water partition coefficient (Wildman–Crippen LogP) is 11.7. The molecule has 0 aromatic heterocycles. The molecule has 0 spiro atoms. The van der Waals surface area contributed by atoms with Gasteiger partial charge in [-0.05, 0) is 64.2 Å². The average molecular weight is 968 g/mol.